The summed E-state index contributed by atoms with van der Waals surface area (Å²) in [5.74, 6) is 0.808. The maximum Gasteiger partial charge on any atom is 0.136 e. The van der Waals surface area contributed by atoms with Crippen LogP contribution in [0.4, 0.5) is 10.2 Å². The van der Waals surface area contributed by atoms with Crippen molar-refractivity contribution in [1.29, 1.82) is 0 Å². The van der Waals surface area contributed by atoms with Gasteiger partial charge in [0, 0.05) is 24.1 Å². The predicted octanol–water partition coefficient (Wildman–Crippen LogP) is 2.74. The lowest BCUT2D eigenvalue weighted by Crippen LogP contribution is -2.40. The number of alkyl halides is 1. The maximum absolute atomic E-state index is 13.2. The van der Waals surface area contributed by atoms with E-state index in [0.717, 1.165) is 17.9 Å². The second kappa shape index (κ2) is 6.50. The number of hydrogen-bond acceptors (Lipinski definition) is 4. The molecule has 4 nitrogen and oxygen atoms in total. The molecule has 21 heavy (non-hydrogen) atoms. The van der Waals surface area contributed by atoms with Crippen molar-refractivity contribution in [2.24, 2.45) is 0 Å². The van der Waals surface area contributed by atoms with Gasteiger partial charge in [-0.1, -0.05) is 6.07 Å². The van der Waals surface area contributed by atoms with E-state index in [1.807, 2.05) is 44.7 Å². The molecule has 2 heterocycles. The Morgan fingerprint density at radius 2 is 2.19 bits per heavy atom. The molecule has 0 saturated carbocycles. The van der Waals surface area contributed by atoms with E-state index in [2.05, 4.69) is 9.71 Å². The molecular weight excluding hydrogens is 289 g/mol. The van der Waals surface area contributed by atoms with Gasteiger partial charge >= 0.3 is 0 Å². The van der Waals surface area contributed by atoms with Crippen LogP contribution in [0.2, 0.25) is 0 Å². The summed E-state index contributed by atoms with van der Waals surface area (Å²) in [4.78, 5) is 6.36. The first-order chi connectivity index (χ1) is 9.77. The lowest BCUT2D eigenvalue weighted by molar-refractivity contribution is 0.364. The Labute approximate surface area is 129 Å². The highest BCUT2D eigenvalue weighted by molar-refractivity contribution is 7.90. The molecule has 1 aliphatic heterocycles. The highest BCUT2D eigenvalue weighted by Gasteiger charge is 2.28. The van der Waals surface area contributed by atoms with E-state index in [0.29, 0.717) is 13.0 Å². The normalized spacial score (nSPS) is 22.4. The lowest BCUT2D eigenvalue weighted by Gasteiger charge is -2.26. The molecule has 2 rings (SSSR count). The van der Waals surface area contributed by atoms with Gasteiger partial charge in [0.15, 0.2) is 0 Å². The molecule has 0 aliphatic carbocycles. The van der Waals surface area contributed by atoms with E-state index in [1.54, 1.807) is 6.20 Å². The Kier molecular flexibility index (Phi) is 5.11. The van der Waals surface area contributed by atoms with Gasteiger partial charge in [-0.25, -0.2) is 9.37 Å². The first-order valence-electron chi connectivity index (χ1n) is 7.30. The van der Waals surface area contributed by atoms with Crippen molar-refractivity contribution in [2.75, 3.05) is 18.0 Å². The standard InChI is InChI=1S/C15H24FN3OS/c1-11(18-21(20)15(2,3)4)12-5-6-14(17-9-12)19-8-7-13(16)10-19/h5-6,9,11,13,18H,7-8,10H2,1-4H3/t11-,13+,21?/m0/s1. The third-order valence-corrected chi connectivity index (χ3v) is 5.25. The number of nitrogens with zero attached hydrogens (tertiary/aromatic N) is 2. The van der Waals surface area contributed by atoms with Gasteiger partial charge in [-0.15, -0.1) is 4.72 Å². The summed E-state index contributed by atoms with van der Waals surface area (Å²) in [6, 6.07) is 3.83. The fourth-order valence-corrected chi connectivity index (χ4v) is 2.98. The first kappa shape index (κ1) is 16.5. The summed E-state index contributed by atoms with van der Waals surface area (Å²) in [5.41, 5.74) is 0.979. The summed E-state index contributed by atoms with van der Waals surface area (Å²) in [6.07, 6.45) is 1.60. The molecule has 0 radical (unpaired) electrons. The minimum absolute atomic E-state index is 0.0425. The molecule has 1 aliphatic rings. The zero-order valence-corrected chi connectivity index (χ0v) is 13.9. The Hall–Kier alpha value is -0.850. The van der Waals surface area contributed by atoms with E-state index < -0.39 is 17.5 Å². The van der Waals surface area contributed by atoms with Crippen molar-refractivity contribution in [2.45, 2.75) is 51.1 Å². The average Bonchev–Trinajstić information content (AvgIpc) is 2.84. The highest BCUT2D eigenvalue weighted by atomic mass is 32.2. The van der Waals surface area contributed by atoms with Gasteiger partial charge in [0.05, 0.1) is 12.6 Å². The smallest absolute Gasteiger partial charge is 0.136 e. The molecule has 1 N–H and O–H groups in total. The van der Waals surface area contributed by atoms with E-state index >= 15 is 0 Å². The fourth-order valence-electron chi connectivity index (χ4n) is 2.17. The van der Waals surface area contributed by atoms with Crippen LogP contribution in [0.1, 0.15) is 45.7 Å². The van der Waals surface area contributed by atoms with Crippen LogP contribution in [-0.2, 0) is 11.4 Å². The minimum atomic E-state index is -1.12. The molecule has 1 saturated heterocycles. The van der Waals surface area contributed by atoms with Crippen LogP contribution >= 0.6 is 0 Å². The average molecular weight is 313 g/mol. The monoisotopic (exact) mass is 313 g/mol. The number of anilines is 1. The lowest BCUT2D eigenvalue weighted by atomic mass is 10.1. The summed E-state index contributed by atoms with van der Waals surface area (Å²) in [5, 5.41) is 0. The number of rotatable bonds is 4. The van der Waals surface area contributed by atoms with Crippen LogP contribution in [0.15, 0.2) is 18.3 Å². The van der Waals surface area contributed by atoms with Crippen LogP contribution in [0.25, 0.3) is 0 Å². The number of halogens is 1. The van der Waals surface area contributed by atoms with Crippen molar-refractivity contribution >= 4 is 17.2 Å². The number of nitrogens with one attached hydrogen (secondary N) is 1. The SMILES string of the molecule is C[C@H](N[S+]([O-])C(C)(C)C)c1ccc(N2CC[C@@H](F)C2)nc1. The van der Waals surface area contributed by atoms with Crippen molar-refractivity contribution in [3.05, 3.63) is 23.9 Å². The van der Waals surface area contributed by atoms with E-state index in [1.165, 1.54) is 0 Å². The molecule has 1 aromatic heterocycles. The minimum Gasteiger partial charge on any atom is -0.598 e. The summed E-state index contributed by atoms with van der Waals surface area (Å²) < 4.78 is 28.1. The van der Waals surface area contributed by atoms with Crippen LogP contribution in [0, 0.1) is 0 Å². The van der Waals surface area contributed by atoms with Gasteiger partial charge in [0.25, 0.3) is 0 Å². The Morgan fingerprint density at radius 3 is 2.67 bits per heavy atom. The first-order valence-corrected chi connectivity index (χ1v) is 8.45. The predicted molar refractivity (Wildman–Crippen MR) is 85.4 cm³/mol. The van der Waals surface area contributed by atoms with Gasteiger partial charge in [-0.2, -0.15) is 0 Å². The molecule has 0 amide bonds. The van der Waals surface area contributed by atoms with E-state index in [9.17, 15) is 8.94 Å². The van der Waals surface area contributed by atoms with E-state index in [-0.39, 0.29) is 10.8 Å². The molecule has 1 unspecified atom stereocenters. The number of pyridine rings is 1. The van der Waals surface area contributed by atoms with Gasteiger partial charge < -0.3 is 9.45 Å². The van der Waals surface area contributed by atoms with Crippen LogP contribution in [-0.4, -0.2) is 33.5 Å². The third-order valence-electron chi connectivity index (χ3n) is 3.57. The van der Waals surface area contributed by atoms with Crippen LogP contribution in [0.3, 0.4) is 0 Å². The topological polar surface area (TPSA) is 51.2 Å². The van der Waals surface area contributed by atoms with Gasteiger partial charge in [-0.05, 0) is 45.7 Å². The second-order valence-electron chi connectivity index (χ2n) is 6.50. The molecule has 1 aromatic rings. The van der Waals surface area contributed by atoms with E-state index in [4.69, 9.17) is 0 Å². The molecule has 0 spiro atoms. The van der Waals surface area contributed by atoms with Gasteiger partial charge in [0.1, 0.15) is 16.7 Å². The second-order valence-corrected chi connectivity index (χ2v) is 8.50. The number of aromatic nitrogens is 1. The molecule has 6 heteroatoms. The third kappa shape index (κ3) is 4.31. The molecule has 0 bridgehead atoms. The largest absolute Gasteiger partial charge is 0.598 e. The molecule has 1 fully saturated rings. The van der Waals surface area contributed by atoms with Gasteiger partial charge in [-0.3, -0.25) is 0 Å². The maximum atomic E-state index is 13.2. The van der Waals surface area contributed by atoms with Crippen LogP contribution < -0.4 is 9.62 Å². The Bertz CT molecular complexity index is 463. The van der Waals surface area contributed by atoms with Crippen molar-refractivity contribution in [3.63, 3.8) is 0 Å². The van der Waals surface area contributed by atoms with Crippen molar-refractivity contribution in [3.8, 4) is 0 Å². The molecule has 0 aromatic carbocycles. The highest BCUT2D eigenvalue weighted by Crippen LogP contribution is 2.23. The summed E-state index contributed by atoms with van der Waals surface area (Å²) in [7, 11) is 0. The number of hydrogen-bond donors (Lipinski definition) is 1. The quantitative estimate of drug-likeness (QED) is 0.869. The zero-order chi connectivity index (χ0) is 15.6. The zero-order valence-electron chi connectivity index (χ0n) is 13.1. The van der Waals surface area contributed by atoms with Crippen molar-refractivity contribution < 1.29 is 8.94 Å². The Balaban J connectivity index is 1.98. The van der Waals surface area contributed by atoms with Crippen LogP contribution in [0.5, 0.6) is 0 Å². The van der Waals surface area contributed by atoms with Gasteiger partial charge in [0.2, 0.25) is 0 Å². The van der Waals surface area contributed by atoms with Crippen molar-refractivity contribution in [1.82, 2.24) is 9.71 Å². The summed E-state index contributed by atoms with van der Waals surface area (Å²) >= 11 is -1.12. The Morgan fingerprint density at radius 1 is 1.48 bits per heavy atom. The molecule has 118 valence electrons. The fraction of sp³-hybridized carbons (Fsp3) is 0.667. The molecule has 3 atom stereocenters. The molecular formula is C15H24FN3OS. The summed E-state index contributed by atoms with van der Waals surface area (Å²) in [6.45, 7) is 8.91.